The second-order valence-electron chi connectivity index (χ2n) is 12.2. The van der Waals surface area contributed by atoms with Crippen LogP contribution in [0.3, 0.4) is 0 Å². The Morgan fingerprint density at radius 1 is 0.700 bits per heavy atom. The van der Waals surface area contributed by atoms with E-state index in [2.05, 4.69) is 11.7 Å². The van der Waals surface area contributed by atoms with Gasteiger partial charge in [0.2, 0.25) is 0 Å². The Kier molecular flexibility index (Phi) is 11.3. The third-order valence-electron chi connectivity index (χ3n) is 9.47. The van der Waals surface area contributed by atoms with Crippen LogP contribution in [-0.2, 0) is 6.11 Å². The van der Waals surface area contributed by atoms with Crippen molar-refractivity contribution >= 4 is 0 Å². The normalized spacial score (nSPS) is 23.8. The molecule has 0 N–H and O–H groups in total. The number of benzene rings is 2. The van der Waals surface area contributed by atoms with Crippen molar-refractivity contribution < 1.29 is 26.7 Å². The molecule has 6 heteroatoms. The summed E-state index contributed by atoms with van der Waals surface area (Å²) in [5.41, 5.74) is 0.624. The Bertz CT molecular complexity index is 1010. The predicted octanol–water partition coefficient (Wildman–Crippen LogP) is 11.5. The van der Waals surface area contributed by atoms with E-state index in [1.165, 1.54) is 102 Å². The highest BCUT2D eigenvalue weighted by molar-refractivity contribution is 5.30. The molecule has 0 amide bonds. The first-order chi connectivity index (χ1) is 19.3. The molecule has 0 heterocycles. The van der Waals surface area contributed by atoms with Gasteiger partial charge in [-0.1, -0.05) is 83.3 Å². The molecule has 2 aliphatic carbocycles. The Morgan fingerprint density at radius 3 is 1.80 bits per heavy atom. The molecule has 0 aromatic heterocycles. The quantitative estimate of drug-likeness (QED) is 0.134. The number of hydrogen-bond acceptors (Lipinski definition) is 1. The second-order valence-corrected chi connectivity index (χ2v) is 12.2. The van der Waals surface area contributed by atoms with Crippen molar-refractivity contribution in [2.24, 2.45) is 17.8 Å². The van der Waals surface area contributed by atoms with Crippen molar-refractivity contribution in [2.45, 2.75) is 122 Å². The lowest BCUT2D eigenvalue weighted by atomic mass is 9.68. The van der Waals surface area contributed by atoms with Crippen LogP contribution in [0.5, 0.6) is 5.75 Å². The van der Waals surface area contributed by atoms with Crippen LogP contribution in [0.4, 0.5) is 22.0 Å². The first-order valence-electron chi connectivity index (χ1n) is 15.6. The summed E-state index contributed by atoms with van der Waals surface area (Å²) in [6.45, 7) is 2.27. The molecule has 222 valence electrons. The highest BCUT2D eigenvalue weighted by Crippen LogP contribution is 2.45. The van der Waals surface area contributed by atoms with Crippen molar-refractivity contribution in [3.63, 3.8) is 0 Å². The van der Waals surface area contributed by atoms with Gasteiger partial charge in [-0.05, 0) is 79.9 Å². The molecule has 2 saturated carbocycles. The zero-order valence-electron chi connectivity index (χ0n) is 23.9. The molecule has 0 atom stereocenters. The second kappa shape index (κ2) is 14.7. The fourth-order valence-corrected chi connectivity index (χ4v) is 7.01. The summed E-state index contributed by atoms with van der Waals surface area (Å²) in [6, 6.07) is 6.87. The Labute approximate surface area is 236 Å². The fourth-order valence-electron chi connectivity index (χ4n) is 7.01. The predicted molar refractivity (Wildman–Crippen MR) is 150 cm³/mol. The standard InChI is InChI=1S/C34H45F5O/c1-2-3-4-5-6-7-8-9-24-10-12-25(13-11-24)26-14-16-27(17-15-26)28-18-20-29(21-19-28)34(38,39)40-30-22-31(35)33(37)32(36)23-30/h18-27H,2-17H2,1H3/t24-,25-,26?,27?. The van der Waals surface area contributed by atoms with Gasteiger partial charge in [-0.3, -0.25) is 0 Å². The molecule has 2 aromatic rings. The van der Waals surface area contributed by atoms with Gasteiger partial charge >= 0.3 is 6.11 Å². The molecular formula is C34H45F5O. The lowest BCUT2D eigenvalue weighted by Gasteiger charge is -2.38. The van der Waals surface area contributed by atoms with Crippen LogP contribution in [0, 0.1) is 35.2 Å². The van der Waals surface area contributed by atoms with Crippen molar-refractivity contribution in [3.8, 4) is 5.75 Å². The van der Waals surface area contributed by atoms with Crippen molar-refractivity contribution in [2.75, 3.05) is 0 Å². The summed E-state index contributed by atoms with van der Waals surface area (Å²) >= 11 is 0. The molecule has 0 unspecified atom stereocenters. The number of halogens is 5. The monoisotopic (exact) mass is 564 g/mol. The van der Waals surface area contributed by atoms with E-state index in [0.717, 1.165) is 36.2 Å². The van der Waals surface area contributed by atoms with Gasteiger partial charge in [-0.25, -0.2) is 13.2 Å². The summed E-state index contributed by atoms with van der Waals surface area (Å²) < 4.78 is 73.8. The summed E-state index contributed by atoms with van der Waals surface area (Å²) in [4.78, 5) is 0. The first-order valence-corrected chi connectivity index (χ1v) is 15.6. The molecule has 2 aliphatic rings. The summed E-state index contributed by atoms with van der Waals surface area (Å²) in [5.74, 6) is -2.74. The van der Waals surface area contributed by atoms with Crippen LogP contribution in [0.25, 0.3) is 0 Å². The van der Waals surface area contributed by atoms with Crippen LogP contribution in [-0.4, -0.2) is 0 Å². The smallest absolute Gasteiger partial charge is 0.426 e. The number of unbranched alkanes of at least 4 members (excludes halogenated alkanes) is 6. The maximum absolute atomic E-state index is 14.6. The minimum absolute atomic E-state index is 0.355. The van der Waals surface area contributed by atoms with E-state index in [-0.39, 0.29) is 0 Å². The first kappa shape index (κ1) is 30.8. The van der Waals surface area contributed by atoms with Gasteiger partial charge in [0.15, 0.2) is 17.5 Å². The zero-order valence-corrected chi connectivity index (χ0v) is 23.9. The minimum atomic E-state index is -3.81. The highest BCUT2D eigenvalue weighted by Gasteiger charge is 2.36. The number of alkyl halides is 2. The lowest BCUT2D eigenvalue weighted by Crippen LogP contribution is -2.25. The van der Waals surface area contributed by atoms with Crippen LogP contribution in [0.2, 0.25) is 0 Å². The third-order valence-corrected chi connectivity index (χ3v) is 9.47. The SMILES string of the molecule is CCCCCCCCC[C@H]1CC[C@H](C2CCC(c3ccc(C(F)(F)Oc4cc(F)c(F)c(F)c4)cc3)CC2)CC1. The van der Waals surface area contributed by atoms with Crippen LogP contribution in [0.1, 0.15) is 127 Å². The number of hydrogen-bond donors (Lipinski definition) is 0. The van der Waals surface area contributed by atoms with Crippen LogP contribution >= 0.6 is 0 Å². The van der Waals surface area contributed by atoms with E-state index >= 15 is 0 Å². The van der Waals surface area contributed by atoms with Crippen molar-refractivity contribution in [1.82, 2.24) is 0 Å². The van der Waals surface area contributed by atoms with Crippen LogP contribution in [0.15, 0.2) is 36.4 Å². The molecule has 0 radical (unpaired) electrons. The molecule has 0 saturated heterocycles. The van der Waals surface area contributed by atoms with E-state index in [0.29, 0.717) is 18.1 Å². The van der Waals surface area contributed by atoms with E-state index in [1.807, 2.05) is 0 Å². The lowest BCUT2D eigenvalue weighted by molar-refractivity contribution is -0.185. The maximum Gasteiger partial charge on any atom is 0.426 e. The van der Waals surface area contributed by atoms with E-state index in [4.69, 9.17) is 0 Å². The van der Waals surface area contributed by atoms with E-state index in [9.17, 15) is 22.0 Å². The molecule has 2 aromatic carbocycles. The van der Waals surface area contributed by atoms with Gasteiger partial charge in [-0.15, -0.1) is 0 Å². The van der Waals surface area contributed by atoms with E-state index < -0.39 is 34.9 Å². The third kappa shape index (κ3) is 8.45. The number of ether oxygens (including phenoxy) is 1. The topological polar surface area (TPSA) is 9.23 Å². The van der Waals surface area contributed by atoms with Gasteiger partial charge in [0.1, 0.15) is 5.75 Å². The largest absolute Gasteiger partial charge is 0.429 e. The molecular weight excluding hydrogens is 519 g/mol. The summed E-state index contributed by atoms with van der Waals surface area (Å²) in [5, 5.41) is 0. The summed E-state index contributed by atoms with van der Waals surface area (Å²) in [7, 11) is 0. The van der Waals surface area contributed by atoms with Gasteiger partial charge in [0.25, 0.3) is 0 Å². The average molecular weight is 565 g/mol. The fraction of sp³-hybridized carbons (Fsp3) is 0.647. The van der Waals surface area contributed by atoms with Gasteiger partial charge in [0.05, 0.1) is 5.56 Å². The highest BCUT2D eigenvalue weighted by atomic mass is 19.3. The molecule has 40 heavy (non-hydrogen) atoms. The molecule has 1 nitrogen and oxygen atoms in total. The molecule has 0 bridgehead atoms. The molecule has 0 spiro atoms. The Balaban J connectivity index is 1.19. The van der Waals surface area contributed by atoms with Gasteiger partial charge in [0, 0.05) is 12.1 Å². The Hall–Kier alpha value is -2.11. The van der Waals surface area contributed by atoms with Gasteiger partial charge < -0.3 is 4.74 Å². The van der Waals surface area contributed by atoms with E-state index in [1.54, 1.807) is 12.1 Å². The van der Waals surface area contributed by atoms with Crippen molar-refractivity contribution in [3.05, 3.63) is 65.0 Å². The molecule has 4 rings (SSSR count). The molecule has 0 aliphatic heterocycles. The zero-order chi connectivity index (χ0) is 28.5. The van der Waals surface area contributed by atoms with Crippen molar-refractivity contribution in [1.29, 1.82) is 0 Å². The average Bonchev–Trinajstić information content (AvgIpc) is 2.96. The van der Waals surface area contributed by atoms with Gasteiger partial charge in [-0.2, -0.15) is 8.78 Å². The minimum Gasteiger partial charge on any atom is -0.429 e. The Morgan fingerprint density at radius 2 is 1.23 bits per heavy atom. The summed E-state index contributed by atoms with van der Waals surface area (Å²) in [6.07, 6.45) is 17.3. The number of rotatable bonds is 13. The maximum atomic E-state index is 14.6. The molecule has 2 fully saturated rings. The van der Waals surface area contributed by atoms with Crippen LogP contribution < -0.4 is 4.74 Å².